The van der Waals surface area contributed by atoms with Gasteiger partial charge in [-0.25, -0.2) is 13.2 Å². The zero-order valence-corrected chi connectivity index (χ0v) is 16.4. The molecule has 1 saturated carbocycles. The van der Waals surface area contributed by atoms with Gasteiger partial charge in [-0.2, -0.15) is 0 Å². The van der Waals surface area contributed by atoms with E-state index in [4.69, 9.17) is 4.74 Å². The van der Waals surface area contributed by atoms with E-state index in [1.807, 2.05) is 0 Å². The van der Waals surface area contributed by atoms with Crippen LogP contribution in [0.5, 0.6) is 0 Å². The maximum atomic E-state index is 14.9. The van der Waals surface area contributed by atoms with E-state index in [9.17, 15) is 13.2 Å². The first-order valence-corrected chi connectivity index (χ1v) is 10.6. The van der Waals surface area contributed by atoms with Gasteiger partial charge in [-0.3, -0.25) is 0 Å². The number of benzene rings is 1. The minimum absolute atomic E-state index is 0.0148. The molecule has 25 heavy (non-hydrogen) atoms. The normalized spacial score (nSPS) is 37.7. The summed E-state index contributed by atoms with van der Waals surface area (Å²) in [5.41, 5.74) is 0.159. The van der Waals surface area contributed by atoms with Crippen LogP contribution in [0, 0.1) is 23.6 Å². The lowest BCUT2D eigenvalue weighted by molar-refractivity contribution is -0.0907. The molecule has 4 rings (SSSR count). The van der Waals surface area contributed by atoms with Crippen molar-refractivity contribution in [3.8, 4) is 0 Å². The second kappa shape index (κ2) is 7.02. The monoisotopic (exact) mass is 464 g/mol. The maximum absolute atomic E-state index is 14.9. The molecule has 0 aromatic heterocycles. The quantitative estimate of drug-likeness (QED) is 0.393. The number of ether oxygens (including phenoxy) is 1. The van der Waals surface area contributed by atoms with Gasteiger partial charge < -0.3 is 4.74 Å². The van der Waals surface area contributed by atoms with Gasteiger partial charge in [0, 0.05) is 9.84 Å². The largest absolute Gasteiger partial charge is 0.377 e. The third-order valence-electron chi connectivity index (χ3n) is 6.51. The third-order valence-corrected chi connectivity index (χ3v) is 7.49. The second-order valence-corrected chi connectivity index (χ2v) is 9.69. The molecule has 1 aliphatic heterocycles. The molecular weight excluding hydrogens is 440 g/mol. The van der Waals surface area contributed by atoms with Crippen molar-refractivity contribution in [2.24, 2.45) is 17.8 Å². The molecule has 3 unspecified atom stereocenters. The summed E-state index contributed by atoms with van der Waals surface area (Å²) in [6, 6.07) is 4.37. The van der Waals surface area contributed by atoms with Crippen molar-refractivity contribution < 1.29 is 17.9 Å². The zero-order valence-electron chi connectivity index (χ0n) is 14.2. The van der Waals surface area contributed by atoms with Crippen molar-refractivity contribution in [1.82, 2.24) is 0 Å². The fourth-order valence-corrected chi connectivity index (χ4v) is 5.72. The van der Waals surface area contributed by atoms with Crippen LogP contribution in [0.25, 0.3) is 0 Å². The van der Waals surface area contributed by atoms with Gasteiger partial charge in [0.2, 0.25) is 0 Å². The first kappa shape index (κ1) is 18.1. The van der Waals surface area contributed by atoms with Crippen LogP contribution in [0.4, 0.5) is 13.2 Å². The Balaban J connectivity index is 1.41. The summed E-state index contributed by atoms with van der Waals surface area (Å²) in [6.45, 7) is 0.820. The highest BCUT2D eigenvalue weighted by Crippen LogP contribution is 2.53. The standard InChI is InChI=1S/C20H24F3IO/c21-17-3-1-2-14-10-16(20(22,23)19(14)17)12-4-6-13(7-5-12)18-9-8-15(24)11-25-18/h1-3,12-13,15-16,18H,4-11H2. The Hall–Kier alpha value is -0.300. The summed E-state index contributed by atoms with van der Waals surface area (Å²) in [5.74, 6) is -4.03. The molecule has 0 spiro atoms. The SMILES string of the molecule is Fc1cccc2c1C(F)(F)C(C1CCC(C3CCC(I)CO3)CC1)C2. The van der Waals surface area contributed by atoms with E-state index in [0.717, 1.165) is 44.8 Å². The minimum atomic E-state index is -3.03. The van der Waals surface area contributed by atoms with Crippen LogP contribution in [-0.2, 0) is 17.1 Å². The number of alkyl halides is 3. The van der Waals surface area contributed by atoms with E-state index in [1.54, 1.807) is 12.1 Å². The Kier molecular flexibility index (Phi) is 5.08. The van der Waals surface area contributed by atoms with Gasteiger partial charge in [0.15, 0.2) is 0 Å². The number of fused-ring (bicyclic) bond motifs is 1. The topological polar surface area (TPSA) is 9.23 Å². The highest BCUT2D eigenvalue weighted by Gasteiger charge is 2.53. The maximum Gasteiger partial charge on any atom is 0.279 e. The summed E-state index contributed by atoms with van der Waals surface area (Å²) >= 11 is 2.43. The Morgan fingerprint density at radius 3 is 2.36 bits per heavy atom. The van der Waals surface area contributed by atoms with Gasteiger partial charge in [0.1, 0.15) is 5.82 Å². The molecule has 0 radical (unpaired) electrons. The minimum Gasteiger partial charge on any atom is -0.377 e. The van der Waals surface area contributed by atoms with Gasteiger partial charge in [0.05, 0.1) is 18.3 Å². The smallest absolute Gasteiger partial charge is 0.279 e. The van der Waals surface area contributed by atoms with Crippen LogP contribution in [0.1, 0.15) is 49.7 Å². The van der Waals surface area contributed by atoms with Gasteiger partial charge in [-0.15, -0.1) is 0 Å². The predicted molar refractivity (Wildman–Crippen MR) is 99.7 cm³/mol. The van der Waals surface area contributed by atoms with Crippen LogP contribution in [0.2, 0.25) is 0 Å². The average molecular weight is 464 g/mol. The third kappa shape index (κ3) is 3.35. The van der Waals surface area contributed by atoms with Crippen LogP contribution in [0.15, 0.2) is 18.2 Å². The van der Waals surface area contributed by atoms with Crippen LogP contribution >= 0.6 is 22.6 Å². The summed E-state index contributed by atoms with van der Waals surface area (Å²) in [4.78, 5) is 0. The number of rotatable bonds is 2. The lowest BCUT2D eigenvalue weighted by atomic mass is 9.72. The molecule has 1 nitrogen and oxygen atoms in total. The summed E-state index contributed by atoms with van der Waals surface area (Å²) < 4.78 is 50.3. The van der Waals surface area contributed by atoms with Crippen LogP contribution in [-0.4, -0.2) is 16.6 Å². The number of hydrogen-bond acceptors (Lipinski definition) is 1. The molecule has 0 bridgehead atoms. The van der Waals surface area contributed by atoms with Crippen molar-refractivity contribution >= 4 is 22.6 Å². The van der Waals surface area contributed by atoms with Gasteiger partial charge >= 0.3 is 0 Å². The fraction of sp³-hybridized carbons (Fsp3) is 0.700. The van der Waals surface area contributed by atoms with Gasteiger partial charge in [-0.1, -0.05) is 34.7 Å². The molecule has 0 amide bonds. The molecule has 2 aliphatic carbocycles. The molecule has 3 atom stereocenters. The molecule has 0 N–H and O–H groups in total. The average Bonchev–Trinajstić information content (AvgIpc) is 2.88. The summed E-state index contributed by atoms with van der Waals surface area (Å²) in [6.07, 6.45) is 6.47. The highest BCUT2D eigenvalue weighted by molar-refractivity contribution is 14.1. The molecule has 1 heterocycles. The van der Waals surface area contributed by atoms with Gasteiger partial charge in [0.25, 0.3) is 5.92 Å². The van der Waals surface area contributed by atoms with Crippen molar-refractivity contribution in [2.75, 3.05) is 6.61 Å². The fourth-order valence-electron chi connectivity index (χ4n) is 5.16. The Morgan fingerprint density at radius 1 is 1.00 bits per heavy atom. The number of halogens is 4. The molecule has 3 aliphatic rings. The van der Waals surface area contributed by atoms with E-state index < -0.39 is 17.7 Å². The molecule has 1 aromatic rings. The van der Waals surface area contributed by atoms with E-state index >= 15 is 0 Å². The van der Waals surface area contributed by atoms with E-state index in [0.29, 0.717) is 27.9 Å². The first-order valence-electron chi connectivity index (χ1n) is 9.38. The Bertz CT molecular complexity index is 619. The highest BCUT2D eigenvalue weighted by atomic mass is 127. The van der Waals surface area contributed by atoms with Crippen molar-refractivity contribution in [3.63, 3.8) is 0 Å². The summed E-state index contributed by atoms with van der Waals surface area (Å²) in [7, 11) is 0. The Morgan fingerprint density at radius 2 is 1.72 bits per heavy atom. The van der Waals surface area contributed by atoms with Crippen LogP contribution < -0.4 is 0 Å². The molecular formula is C20H24F3IO. The Labute approximate surface area is 160 Å². The lowest BCUT2D eigenvalue weighted by Gasteiger charge is -2.39. The van der Waals surface area contributed by atoms with Crippen LogP contribution in [0.3, 0.4) is 0 Å². The second-order valence-electron chi connectivity index (χ2n) is 7.93. The molecule has 1 aromatic carbocycles. The van der Waals surface area contributed by atoms with Gasteiger partial charge in [-0.05, 0) is 68.4 Å². The van der Waals surface area contributed by atoms with Crippen molar-refractivity contribution in [2.45, 2.75) is 60.9 Å². The molecule has 2 fully saturated rings. The van der Waals surface area contributed by atoms with E-state index in [1.165, 1.54) is 6.42 Å². The zero-order chi connectivity index (χ0) is 17.6. The van der Waals surface area contributed by atoms with Crippen molar-refractivity contribution in [1.29, 1.82) is 0 Å². The molecule has 5 heteroatoms. The molecule has 138 valence electrons. The number of hydrogen-bond donors (Lipinski definition) is 0. The van der Waals surface area contributed by atoms with E-state index in [-0.39, 0.29) is 11.5 Å². The lowest BCUT2D eigenvalue weighted by Crippen LogP contribution is -2.37. The van der Waals surface area contributed by atoms with E-state index in [2.05, 4.69) is 22.6 Å². The summed E-state index contributed by atoms with van der Waals surface area (Å²) in [5, 5.41) is 0. The first-order chi connectivity index (χ1) is 12.0. The molecule has 1 saturated heterocycles. The predicted octanol–water partition coefficient (Wildman–Crippen LogP) is 5.88. The van der Waals surface area contributed by atoms with Crippen molar-refractivity contribution in [3.05, 3.63) is 35.1 Å².